The topological polar surface area (TPSA) is 52.0 Å². The molecule has 0 aliphatic carbocycles. The number of aryl methyl sites for hydroxylation is 2. The molecule has 0 bridgehead atoms. The summed E-state index contributed by atoms with van der Waals surface area (Å²) in [5.74, 6) is 1.27. The summed E-state index contributed by atoms with van der Waals surface area (Å²) in [6.07, 6.45) is 1.83. The standard InChI is InChI=1S/C14H20N4O/c1-10(2)15-8-12-5-6-13(16-9-12)19-14-7-11(3)17-18(14)4/h5-7,9-10,15H,8H2,1-4H3. The van der Waals surface area contributed by atoms with Gasteiger partial charge in [0.1, 0.15) is 0 Å². The third-order valence-electron chi connectivity index (χ3n) is 2.68. The SMILES string of the molecule is Cc1cc(Oc2ccc(CNC(C)C)cn2)n(C)n1. The molecule has 1 N–H and O–H groups in total. The molecule has 0 unspecified atom stereocenters. The van der Waals surface area contributed by atoms with Gasteiger partial charge in [0.15, 0.2) is 0 Å². The van der Waals surface area contributed by atoms with Crippen LogP contribution >= 0.6 is 0 Å². The number of hydrogen-bond acceptors (Lipinski definition) is 4. The van der Waals surface area contributed by atoms with Crippen molar-refractivity contribution < 1.29 is 4.74 Å². The van der Waals surface area contributed by atoms with Gasteiger partial charge in [0.25, 0.3) is 0 Å². The molecule has 0 fully saturated rings. The molecule has 102 valence electrons. The van der Waals surface area contributed by atoms with E-state index in [-0.39, 0.29) is 0 Å². The van der Waals surface area contributed by atoms with E-state index in [0.717, 1.165) is 17.8 Å². The normalized spacial score (nSPS) is 11.0. The largest absolute Gasteiger partial charge is 0.421 e. The van der Waals surface area contributed by atoms with Gasteiger partial charge in [0, 0.05) is 38.0 Å². The Morgan fingerprint density at radius 1 is 1.37 bits per heavy atom. The van der Waals surface area contributed by atoms with Gasteiger partial charge in [-0.2, -0.15) is 5.10 Å². The van der Waals surface area contributed by atoms with E-state index in [1.165, 1.54) is 0 Å². The van der Waals surface area contributed by atoms with Crippen LogP contribution in [0.5, 0.6) is 11.8 Å². The zero-order valence-electron chi connectivity index (χ0n) is 11.8. The lowest BCUT2D eigenvalue weighted by Crippen LogP contribution is -2.21. The molecule has 0 amide bonds. The minimum Gasteiger partial charge on any atom is -0.421 e. The smallest absolute Gasteiger partial charge is 0.221 e. The average Bonchev–Trinajstić information content (AvgIpc) is 2.67. The van der Waals surface area contributed by atoms with Crippen LogP contribution in [-0.2, 0) is 13.6 Å². The van der Waals surface area contributed by atoms with Gasteiger partial charge in [-0.05, 0) is 12.5 Å². The summed E-state index contributed by atoms with van der Waals surface area (Å²) in [5.41, 5.74) is 2.07. The Labute approximate surface area is 113 Å². The summed E-state index contributed by atoms with van der Waals surface area (Å²) in [5, 5.41) is 7.58. The van der Waals surface area contributed by atoms with Crippen molar-refractivity contribution in [3.63, 3.8) is 0 Å². The van der Waals surface area contributed by atoms with E-state index < -0.39 is 0 Å². The van der Waals surface area contributed by atoms with E-state index in [2.05, 4.69) is 29.2 Å². The van der Waals surface area contributed by atoms with Gasteiger partial charge in [-0.15, -0.1) is 0 Å². The van der Waals surface area contributed by atoms with Crippen LogP contribution < -0.4 is 10.1 Å². The van der Waals surface area contributed by atoms with Gasteiger partial charge in [-0.1, -0.05) is 19.9 Å². The molecule has 0 atom stereocenters. The highest BCUT2D eigenvalue weighted by atomic mass is 16.5. The lowest BCUT2D eigenvalue weighted by molar-refractivity contribution is 0.415. The lowest BCUT2D eigenvalue weighted by Gasteiger charge is -2.08. The highest BCUT2D eigenvalue weighted by molar-refractivity contribution is 5.24. The summed E-state index contributed by atoms with van der Waals surface area (Å²) >= 11 is 0. The fourth-order valence-electron chi connectivity index (χ4n) is 1.69. The van der Waals surface area contributed by atoms with Crippen molar-refractivity contribution in [1.82, 2.24) is 20.1 Å². The molecule has 2 rings (SSSR count). The molecule has 2 aromatic rings. The van der Waals surface area contributed by atoms with E-state index >= 15 is 0 Å². The van der Waals surface area contributed by atoms with Gasteiger partial charge in [-0.25, -0.2) is 9.67 Å². The van der Waals surface area contributed by atoms with Crippen LogP contribution in [0.1, 0.15) is 25.1 Å². The van der Waals surface area contributed by atoms with Crippen LogP contribution in [0.3, 0.4) is 0 Å². The molecular formula is C14H20N4O. The summed E-state index contributed by atoms with van der Waals surface area (Å²) < 4.78 is 7.38. The first kappa shape index (κ1) is 13.5. The fourth-order valence-corrected chi connectivity index (χ4v) is 1.69. The third kappa shape index (κ3) is 3.79. The van der Waals surface area contributed by atoms with Crippen LogP contribution in [0.2, 0.25) is 0 Å². The molecule has 5 heteroatoms. The molecule has 2 aromatic heterocycles. The zero-order valence-corrected chi connectivity index (χ0v) is 11.8. The van der Waals surface area contributed by atoms with Crippen molar-refractivity contribution in [3.05, 3.63) is 35.7 Å². The van der Waals surface area contributed by atoms with Crippen LogP contribution in [-0.4, -0.2) is 20.8 Å². The summed E-state index contributed by atoms with van der Waals surface area (Å²) in [4.78, 5) is 4.30. The first-order valence-corrected chi connectivity index (χ1v) is 6.41. The maximum absolute atomic E-state index is 5.68. The maximum Gasteiger partial charge on any atom is 0.221 e. The monoisotopic (exact) mass is 260 g/mol. The number of hydrogen-bond donors (Lipinski definition) is 1. The Bertz CT molecular complexity index is 531. The minimum absolute atomic E-state index is 0.466. The molecule has 0 aromatic carbocycles. The van der Waals surface area contributed by atoms with Crippen LogP contribution in [0, 0.1) is 6.92 Å². The first-order valence-electron chi connectivity index (χ1n) is 6.41. The Morgan fingerprint density at radius 2 is 2.16 bits per heavy atom. The number of nitrogens with zero attached hydrogens (tertiary/aromatic N) is 3. The van der Waals surface area contributed by atoms with Gasteiger partial charge in [-0.3, -0.25) is 0 Å². The van der Waals surface area contributed by atoms with Crippen molar-refractivity contribution in [2.45, 2.75) is 33.4 Å². The Balaban J connectivity index is 2.00. The van der Waals surface area contributed by atoms with Gasteiger partial charge in [0.2, 0.25) is 11.8 Å². The lowest BCUT2D eigenvalue weighted by atomic mass is 10.2. The minimum atomic E-state index is 0.466. The molecule has 0 radical (unpaired) electrons. The van der Waals surface area contributed by atoms with Crippen molar-refractivity contribution in [2.24, 2.45) is 7.05 Å². The molecule has 0 aliphatic heterocycles. The molecule has 0 spiro atoms. The second-order valence-electron chi connectivity index (χ2n) is 4.89. The Kier molecular flexibility index (Phi) is 4.16. The molecule has 5 nitrogen and oxygen atoms in total. The van der Waals surface area contributed by atoms with Crippen molar-refractivity contribution in [1.29, 1.82) is 0 Å². The van der Waals surface area contributed by atoms with Crippen LogP contribution in [0.15, 0.2) is 24.4 Å². The number of aromatic nitrogens is 3. The Morgan fingerprint density at radius 3 is 2.68 bits per heavy atom. The average molecular weight is 260 g/mol. The summed E-state index contributed by atoms with van der Waals surface area (Å²) in [7, 11) is 1.85. The number of nitrogens with one attached hydrogen (secondary N) is 1. The number of ether oxygens (including phenoxy) is 1. The number of pyridine rings is 1. The second-order valence-corrected chi connectivity index (χ2v) is 4.89. The predicted molar refractivity (Wildman–Crippen MR) is 74.2 cm³/mol. The summed E-state index contributed by atoms with van der Waals surface area (Å²) in [6, 6.07) is 6.24. The van der Waals surface area contributed by atoms with Gasteiger partial charge >= 0.3 is 0 Å². The van der Waals surface area contributed by atoms with Crippen LogP contribution in [0.25, 0.3) is 0 Å². The second kappa shape index (κ2) is 5.84. The van der Waals surface area contributed by atoms with Gasteiger partial charge < -0.3 is 10.1 Å². The molecule has 19 heavy (non-hydrogen) atoms. The van der Waals surface area contributed by atoms with E-state index in [1.807, 2.05) is 38.4 Å². The first-order chi connectivity index (χ1) is 9.04. The predicted octanol–water partition coefficient (Wildman–Crippen LogP) is 2.41. The summed E-state index contributed by atoms with van der Waals surface area (Å²) in [6.45, 7) is 6.99. The van der Waals surface area contributed by atoms with E-state index in [4.69, 9.17) is 4.74 Å². The zero-order chi connectivity index (χ0) is 13.8. The maximum atomic E-state index is 5.68. The van der Waals surface area contributed by atoms with Crippen LogP contribution in [0.4, 0.5) is 0 Å². The van der Waals surface area contributed by atoms with E-state index in [0.29, 0.717) is 17.8 Å². The quantitative estimate of drug-likeness (QED) is 0.897. The third-order valence-corrected chi connectivity index (χ3v) is 2.68. The molecule has 0 aliphatic rings. The fraction of sp³-hybridized carbons (Fsp3) is 0.429. The highest BCUT2D eigenvalue weighted by Gasteiger charge is 2.05. The van der Waals surface area contributed by atoms with Crippen molar-refractivity contribution in [2.75, 3.05) is 0 Å². The highest BCUT2D eigenvalue weighted by Crippen LogP contribution is 2.19. The molecular weight excluding hydrogens is 240 g/mol. The molecule has 0 saturated carbocycles. The number of rotatable bonds is 5. The Hall–Kier alpha value is -1.88. The van der Waals surface area contributed by atoms with Gasteiger partial charge in [0.05, 0.1) is 5.69 Å². The van der Waals surface area contributed by atoms with Crippen molar-refractivity contribution in [3.8, 4) is 11.8 Å². The van der Waals surface area contributed by atoms with E-state index in [1.54, 1.807) is 4.68 Å². The molecule has 0 saturated heterocycles. The molecule has 2 heterocycles. The van der Waals surface area contributed by atoms with Crippen molar-refractivity contribution >= 4 is 0 Å². The van der Waals surface area contributed by atoms with E-state index in [9.17, 15) is 0 Å².